The van der Waals surface area contributed by atoms with E-state index in [4.69, 9.17) is 33.3 Å². The standard InChI is InChI=1S/C17H13ClF3NO3S/c1-23-13-4-2-3-10(16(13)25-17(19,20)21)15-11-7-9(18)5-6-12(11)22-14(26)8-24-15/h2-7,15H,8H2,1H3,(H,22,26)/t15-/m1/s1. The maximum atomic E-state index is 12.9. The molecule has 0 fully saturated rings. The molecule has 138 valence electrons. The highest BCUT2D eigenvalue weighted by atomic mass is 35.5. The van der Waals surface area contributed by atoms with E-state index in [1.807, 2.05) is 0 Å². The molecule has 1 heterocycles. The Morgan fingerprint density at radius 3 is 2.69 bits per heavy atom. The fraction of sp³-hybridized carbons (Fsp3) is 0.235. The quantitative estimate of drug-likeness (QED) is 0.721. The molecule has 0 unspecified atom stereocenters. The van der Waals surface area contributed by atoms with Gasteiger partial charge in [0, 0.05) is 21.8 Å². The summed E-state index contributed by atoms with van der Waals surface area (Å²) in [6.45, 7) is 0.0228. The molecule has 4 nitrogen and oxygen atoms in total. The first kappa shape index (κ1) is 18.8. The molecule has 1 aliphatic heterocycles. The van der Waals surface area contributed by atoms with E-state index in [1.165, 1.54) is 19.2 Å². The van der Waals surface area contributed by atoms with Gasteiger partial charge in [0.05, 0.1) is 13.7 Å². The van der Waals surface area contributed by atoms with Gasteiger partial charge >= 0.3 is 6.36 Å². The number of halogens is 4. The van der Waals surface area contributed by atoms with E-state index in [0.717, 1.165) is 0 Å². The molecule has 3 rings (SSSR count). The first-order valence-electron chi connectivity index (χ1n) is 7.42. The molecule has 2 aromatic carbocycles. The number of thiocarbonyl (C=S) groups is 1. The lowest BCUT2D eigenvalue weighted by Crippen LogP contribution is -2.20. The van der Waals surface area contributed by atoms with E-state index < -0.39 is 18.2 Å². The maximum Gasteiger partial charge on any atom is 0.573 e. The molecule has 0 bridgehead atoms. The summed E-state index contributed by atoms with van der Waals surface area (Å²) in [6, 6.07) is 9.37. The van der Waals surface area contributed by atoms with Crippen LogP contribution >= 0.6 is 23.8 Å². The van der Waals surface area contributed by atoms with E-state index in [-0.39, 0.29) is 17.9 Å². The van der Waals surface area contributed by atoms with Crippen molar-refractivity contribution < 1.29 is 27.4 Å². The van der Waals surface area contributed by atoms with E-state index in [2.05, 4.69) is 10.1 Å². The Labute approximate surface area is 157 Å². The molecular weight excluding hydrogens is 391 g/mol. The highest BCUT2D eigenvalue weighted by Crippen LogP contribution is 2.44. The minimum Gasteiger partial charge on any atom is -0.493 e. The number of benzene rings is 2. The first-order chi connectivity index (χ1) is 12.3. The monoisotopic (exact) mass is 403 g/mol. The average molecular weight is 404 g/mol. The number of hydrogen-bond acceptors (Lipinski definition) is 4. The second kappa shape index (κ2) is 7.30. The molecule has 2 aromatic rings. The van der Waals surface area contributed by atoms with Crippen LogP contribution in [0.4, 0.5) is 18.9 Å². The lowest BCUT2D eigenvalue weighted by atomic mass is 9.98. The Morgan fingerprint density at radius 1 is 1.23 bits per heavy atom. The molecule has 0 spiro atoms. The molecule has 1 atom stereocenters. The van der Waals surface area contributed by atoms with Gasteiger partial charge in [-0.25, -0.2) is 0 Å². The summed E-state index contributed by atoms with van der Waals surface area (Å²) in [4.78, 5) is 0.400. The number of methoxy groups -OCH3 is 1. The SMILES string of the molecule is COc1cccc([C@H]2OCC(=S)Nc3ccc(Cl)cc32)c1OC(F)(F)F. The minimum absolute atomic E-state index is 0.0228. The second-order valence-electron chi connectivity index (χ2n) is 5.40. The van der Waals surface area contributed by atoms with E-state index in [1.54, 1.807) is 24.3 Å². The Hall–Kier alpha value is -2.03. The Morgan fingerprint density at radius 2 is 2.00 bits per heavy atom. The maximum absolute atomic E-state index is 12.9. The smallest absolute Gasteiger partial charge is 0.493 e. The zero-order valence-electron chi connectivity index (χ0n) is 13.4. The number of fused-ring (bicyclic) bond motifs is 1. The van der Waals surface area contributed by atoms with Crippen molar-refractivity contribution in [1.29, 1.82) is 0 Å². The van der Waals surface area contributed by atoms with Crippen molar-refractivity contribution in [2.75, 3.05) is 19.0 Å². The fourth-order valence-electron chi connectivity index (χ4n) is 2.68. The molecule has 0 saturated carbocycles. The highest BCUT2D eigenvalue weighted by Gasteiger charge is 2.36. The molecular formula is C17H13ClF3NO3S. The van der Waals surface area contributed by atoms with Gasteiger partial charge in [-0.05, 0) is 24.3 Å². The number of ether oxygens (including phenoxy) is 3. The Kier molecular flexibility index (Phi) is 5.27. The molecule has 1 aliphatic rings. The van der Waals surface area contributed by atoms with Crippen molar-refractivity contribution in [3.05, 3.63) is 52.5 Å². The van der Waals surface area contributed by atoms with Crippen LogP contribution < -0.4 is 14.8 Å². The third kappa shape index (κ3) is 4.03. The molecule has 0 amide bonds. The summed E-state index contributed by atoms with van der Waals surface area (Å²) in [5.41, 5.74) is 1.29. The molecule has 1 N–H and O–H groups in total. The average Bonchev–Trinajstić information content (AvgIpc) is 2.72. The molecule has 26 heavy (non-hydrogen) atoms. The molecule has 0 radical (unpaired) electrons. The first-order valence-corrected chi connectivity index (χ1v) is 8.20. The van der Waals surface area contributed by atoms with Gasteiger partial charge in [0.2, 0.25) is 0 Å². The third-order valence-electron chi connectivity index (χ3n) is 3.68. The van der Waals surface area contributed by atoms with Crippen LogP contribution in [0, 0.1) is 0 Å². The van der Waals surface area contributed by atoms with E-state index in [9.17, 15) is 13.2 Å². The van der Waals surface area contributed by atoms with Gasteiger partial charge in [-0.1, -0.05) is 36.0 Å². The molecule has 0 aromatic heterocycles. The van der Waals surface area contributed by atoms with E-state index >= 15 is 0 Å². The van der Waals surface area contributed by atoms with Crippen molar-refractivity contribution in [3.8, 4) is 11.5 Å². The largest absolute Gasteiger partial charge is 0.573 e. The van der Waals surface area contributed by atoms with Crippen LogP contribution in [0.2, 0.25) is 5.02 Å². The van der Waals surface area contributed by atoms with Crippen molar-refractivity contribution in [1.82, 2.24) is 0 Å². The summed E-state index contributed by atoms with van der Waals surface area (Å²) >= 11 is 11.2. The lowest BCUT2D eigenvalue weighted by molar-refractivity contribution is -0.275. The number of hydrogen-bond donors (Lipinski definition) is 1. The predicted molar refractivity (Wildman–Crippen MR) is 95.1 cm³/mol. The summed E-state index contributed by atoms with van der Waals surface area (Å²) in [6.07, 6.45) is -5.78. The number of nitrogens with one attached hydrogen (secondary N) is 1. The zero-order valence-corrected chi connectivity index (χ0v) is 15.0. The number of alkyl halides is 3. The van der Waals surface area contributed by atoms with Crippen LogP contribution in [-0.2, 0) is 4.74 Å². The van der Waals surface area contributed by atoms with Crippen molar-refractivity contribution in [2.24, 2.45) is 0 Å². The highest BCUT2D eigenvalue weighted by molar-refractivity contribution is 7.80. The third-order valence-corrected chi connectivity index (χ3v) is 4.14. The van der Waals surface area contributed by atoms with Crippen molar-refractivity contribution in [3.63, 3.8) is 0 Å². The normalized spacial score (nSPS) is 17.1. The van der Waals surface area contributed by atoms with Gasteiger partial charge in [0.25, 0.3) is 0 Å². The predicted octanol–water partition coefficient (Wildman–Crippen LogP) is 5.11. The lowest BCUT2D eigenvalue weighted by Gasteiger charge is -2.23. The van der Waals surface area contributed by atoms with Gasteiger partial charge in [-0.15, -0.1) is 13.2 Å². The zero-order chi connectivity index (χ0) is 18.9. The number of anilines is 1. The number of para-hydroxylation sites is 1. The van der Waals surface area contributed by atoms with Crippen LogP contribution in [0.25, 0.3) is 0 Å². The summed E-state index contributed by atoms with van der Waals surface area (Å²) in [5.74, 6) is -0.530. The van der Waals surface area contributed by atoms with Crippen molar-refractivity contribution >= 4 is 34.5 Å². The fourth-order valence-corrected chi connectivity index (χ4v) is 3.04. The van der Waals surface area contributed by atoms with Crippen LogP contribution in [0.3, 0.4) is 0 Å². The van der Waals surface area contributed by atoms with E-state index in [0.29, 0.717) is 21.3 Å². The number of rotatable bonds is 3. The van der Waals surface area contributed by atoms with Gasteiger partial charge < -0.3 is 19.5 Å². The summed E-state index contributed by atoms with van der Waals surface area (Å²) < 4.78 is 53.8. The van der Waals surface area contributed by atoms with Gasteiger partial charge in [0.1, 0.15) is 11.1 Å². The Balaban J connectivity index is 2.17. The second-order valence-corrected chi connectivity index (χ2v) is 6.33. The van der Waals surface area contributed by atoms with Crippen LogP contribution in [0.5, 0.6) is 11.5 Å². The molecule has 0 saturated heterocycles. The van der Waals surface area contributed by atoms with Gasteiger partial charge in [-0.2, -0.15) is 0 Å². The Bertz CT molecular complexity index is 844. The van der Waals surface area contributed by atoms with Crippen LogP contribution in [0.15, 0.2) is 36.4 Å². The minimum atomic E-state index is -4.89. The van der Waals surface area contributed by atoms with Crippen LogP contribution in [0.1, 0.15) is 17.2 Å². The van der Waals surface area contributed by atoms with Gasteiger partial charge in [0.15, 0.2) is 11.5 Å². The molecule has 9 heteroatoms. The van der Waals surface area contributed by atoms with Gasteiger partial charge in [-0.3, -0.25) is 0 Å². The molecule has 0 aliphatic carbocycles. The summed E-state index contributed by atoms with van der Waals surface area (Å²) in [7, 11) is 1.26. The van der Waals surface area contributed by atoms with Crippen LogP contribution in [-0.4, -0.2) is 25.1 Å². The topological polar surface area (TPSA) is 39.7 Å². The summed E-state index contributed by atoms with van der Waals surface area (Å²) in [5, 5.41) is 3.41. The van der Waals surface area contributed by atoms with Crippen molar-refractivity contribution in [2.45, 2.75) is 12.5 Å².